The fourth-order valence-corrected chi connectivity index (χ4v) is 1.93. The summed E-state index contributed by atoms with van der Waals surface area (Å²) in [4.78, 5) is 33.7. The predicted octanol–water partition coefficient (Wildman–Crippen LogP) is 2.78. The molecule has 1 amide bonds. The lowest BCUT2D eigenvalue weighted by Crippen LogP contribution is -2.29. The van der Waals surface area contributed by atoms with Crippen LogP contribution in [0, 0.1) is 10.1 Å². The number of carbonyl (C=O) groups is 2. The SMILES string of the molecule is COc1ccccc1NC(=O)[C@H](C)OC(=O)/C=C/c1ccc([N+](=O)[O-])o1. The first kappa shape index (κ1) is 18.7. The van der Waals surface area contributed by atoms with E-state index >= 15 is 0 Å². The second-order valence-electron chi connectivity index (χ2n) is 5.04. The molecule has 0 unspecified atom stereocenters. The highest BCUT2D eigenvalue weighted by Gasteiger charge is 2.18. The number of ether oxygens (including phenoxy) is 2. The molecule has 0 bridgehead atoms. The van der Waals surface area contributed by atoms with E-state index in [1.165, 1.54) is 26.2 Å². The van der Waals surface area contributed by atoms with Gasteiger partial charge < -0.3 is 19.2 Å². The van der Waals surface area contributed by atoms with Gasteiger partial charge in [0.1, 0.15) is 16.4 Å². The summed E-state index contributed by atoms with van der Waals surface area (Å²) in [5, 5.41) is 13.1. The van der Waals surface area contributed by atoms with Crippen molar-refractivity contribution >= 4 is 29.5 Å². The van der Waals surface area contributed by atoms with Gasteiger partial charge in [0.25, 0.3) is 5.91 Å². The van der Waals surface area contributed by atoms with E-state index in [4.69, 9.17) is 13.9 Å². The smallest absolute Gasteiger partial charge is 0.433 e. The van der Waals surface area contributed by atoms with Crippen molar-refractivity contribution in [2.75, 3.05) is 12.4 Å². The molecule has 1 aromatic carbocycles. The molecule has 0 aliphatic heterocycles. The summed E-state index contributed by atoms with van der Waals surface area (Å²) in [7, 11) is 1.47. The Balaban J connectivity index is 1.92. The zero-order valence-electron chi connectivity index (χ0n) is 14.0. The highest BCUT2D eigenvalue weighted by atomic mass is 16.6. The molecule has 0 fully saturated rings. The number of rotatable bonds is 7. The highest BCUT2D eigenvalue weighted by Crippen LogP contribution is 2.23. The number of anilines is 1. The van der Waals surface area contributed by atoms with Crippen LogP contribution in [0.3, 0.4) is 0 Å². The Morgan fingerprint density at radius 1 is 1.27 bits per heavy atom. The number of para-hydroxylation sites is 2. The molecule has 2 aromatic rings. The van der Waals surface area contributed by atoms with Gasteiger partial charge in [0.15, 0.2) is 6.10 Å². The number of amides is 1. The third-order valence-electron chi connectivity index (χ3n) is 3.20. The molecular weight excluding hydrogens is 344 g/mol. The van der Waals surface area contributed by atoms with E-state index in [0.717, 1.165) is 12.1 Å². The molecule has 2 rings (SSSR count). The lowest BCUT2D eigenvalue weighted by molar-refractivity contribution is -0.402. The molecule has 1 N–H and O–H groups in total. The molecule has 0 radical (unpaired) electrons. The number of carbonyl (C=O) groups excluding carboxylic acids is 2. The van der Waals surface area contributed by atoms with Gasteiger partial charge in [-0.1, -0.05) is 12.1 Å². The molecule has 1 heterocycles. The Hall–Kier alpha value is -3.62. The molecule has 0 aliphatic rings. The normalized spacial score (nSPS) is 11.8. The number of esters is 1. The van der Waals surface area contributed by atoms with Gasteiger partial charge in [0.2, 0.25) is 0 Å². The summed E-state index contributed by atoms with van der Waals surface area (Å²) in [5.41, 5.74) is 0.446. The van der Waals surface area contributed by atoms with E-state index in [9.17, 15) is 19.7 Å². The summed E-state index contributed by atoms with van der Waals surface area (Å²) in [6.07, 6.45) is 1.15. The summed E-state index contributed by atoms with van der Waals surface area (Å²) < 4.78 is 15.0. The van der Waals surface area contributed by atoms with Gasteiger partial charge in [-0.25, -0.2) is 4.79 Å². The molecule has 0 saturated heterocycles. The molecular formula is C17H16N2O7. The first-order valence-corrected chi connectivity index (χ1v) is 7.47. The Labute approximate surface area is 148 Å². The van der Waals surface area contributed by atoms with Crippen molar-refractivity contribution in [1.29, 1.82) is 0 Å². The number of nitrogens with one attached hydrogen (secondary N) is 1. The first-order valence-electron chi connectivity index (χ1n) is 7.47. The first-order chi connectivity index (χ1) is 12.4. The maximum atomic E-state index is 12.1. The van der Waals surface area contributed by atoms with Gasteiger partial charge in [-0.05, 0) is 31.2 Å². The lowest BCUT2D eigenvalue weighted by Gasteiger charge is -2.14. The van der Waals surface area contributed by atoms with Gasteiger partial charge in [-0.2, -0.15) is 0 Å². The Bertz CT molecular complexity index is 841. The zero-order chi connectivity index (χ0) is 19.1. The van der Waals surface area contributed by atoms with E-state index in [1.54, 1.807) is 24.3 Å². The summed E-state index contributed by atoms with van der Waals surface area (Å²) in [5.74, 6) is -1.20. The van der Waals surface area contributed by atoms with Crippen LogP contribution in [0.2, 0.25) is 0 Å². The molecule has 9 nitrogen and oxygen atoms in total. The van der Waals surface area contributed by atoms with Crippen LogP contribution in [-0.2, 0) is 14.3 Å². The van der Waals surface area contributed by atoms with Gasteiger partial charge in [0.05, 0.1) is 18.9 Å². The topological polar surface area (TPSA) is 121 Å². The lowest BCUT2D eigenvalue weighted by atomic mass is 10.2. The van der Waals surface area contributed by atoms with Crippen LogP contribution in [0.4, 0.5) is 11.6 Å². The van der Waals surface area contributed by atoms with Crippen LogP contribution in [0.5, 0.6) is 5.75 Å². The van der Waals surface area contributed by atoms with E-state index in [1.807, 2.05) is 0 Å². The minimum Gasteiger partial charge on any atom is -0.495 e. The van der Waals surface area contributed by atoms with Crippen molar-refractivity contribution in [2.24, 2.45) is 0 Å². The number of hydrogen-bond acceptors (Lipinski definition) is 7. The Kier molecular flexibility index (Phi) is 6.10. The minimum atomic E-state index is -1.07. The number of benzene rings is 1. The summed E-state index contributed by atoms with van der Waals surface area (Å²) in [6, 6.07) is 9.29. The van der Waals surface area contributed by atoms with Crippen LogP contribution in [0.1, 0.15) is 12.7 Å². The summed E-state index contributed by atoms with van der Waals surface area (Å²) in [6.45, 7) is 1.41. The van der Waals surface area contributed by atoms with Crippen molar-refractivity contribution in [3.63, 3.8) is 0 Å². The van der Waals surface area contributed by atoms with Crippen molar-refractivity contribution in [2.45, 2.75) is 13.0 Å². The van der Waals surface area contributed by atoms with E-state index < -0.39 is 28.8 Å². The molecule has 9 heteroatoms. The van der Waals surface area contributed by atoms with Gasteiger partial charge >= 0.3 is 11.9 Å². The van der Waals surface area contributed by atoms with Crippen LogP contribution in [0.25, 0.3) is 6.08 Å². The largest absolute Gasteiger partial charge is 0.495 e. The maximum Gasteiger partial charge on any atom is 0.433 e. The van der Waals surface area contributed by atoms with Crippen molar-refractivity contribution < 1.29 is 28.4 Å². The highest BCUT2D eigenvalue weighted by molar-refractivity contribution is 5.97. The van der Waals surface area contributed by atoms with Crippen molar-refractivity contribution in [1.82, 2.24) is 0 Å². The van der Waals surface area contributed by atoms with E-state index in [2.05, 4.69) is 5.32 Å². The number of nitro groups is 1. The monoisotopic (exact) mass is 360 g/mol. The standard InChI is InChI=1S/C17H16N2O7/c1-11(17(21)18-13-5-3-4-6-14(13)24-2)25-16(20)10-8-12-7-9-15(26-12)19(22)23/h3-11H,1-2H3,(H,18,21)/b10-8+/t11-/m0/s1. The van der Waals surface area contributed by atoms with E-state index in [0.29, 0.717) is 11.4 Å². The fraction of sp³-hybridized carbons (Fsp3) is 0.176. The maximum absolute atomic E-state index is 12.1. The predicted molar refractivity (Wildman–Crippen MR) is 91.6 cm³/mol. The van der Waals surface area contributed by atoms with Crippen LogP contribution < -0.4 is 10.1 Å². The Morgan fingerprint density at radius 2 is 2.00 bits per heavy atom. The van der Waals surface area contributed by atoms with Gasteiger partial charge in [0, 0.05) is 6.08 Å². The Morgan fingerprint density at radius 3 is 2.65 bits per heavy atom. The minimum absolute atomic E-state index is 0.111. The fourth-order valence-electron chi connectivity index (χ4n) is 1.93. The van der Waals surface area contributed by atoms with Crippen molar-refractivity contribution in [3.05, 3.63) is 58.3 Å². The third-order valence-corrected chi connectivity index (χ3v) is 3.20. The molecule has 0 aliphatic carbocycles. The number of furan rings is 1. The van der Waals surface area contributed by atoms with Crippen LogP contribution >= 0.6 is 0 Å². The molecule has 0 spiro atoms. The second-order valence-corrected chi connectivity index (χ2v) is 5.04. The number of methoxy groups -OCH3 is 1. The molecule has 1 aromatic heterocycles. The molecule has 0 saturated carbocycles. The second kappa shape index (κ2) is 8.47. The quantitative estimate of drug-likeness (QED) is 0.349. The number of nitrogens with zero attached hydrogens (tertiary/aromatic N) is 1. The van der Waals surface area contributed by atoms with Crippen LogP contribution in [-0.4, -0.2) is 30.0 Å². The number of hydrogen-bond donors (Lipinski definition) is 1. The van der Waals surface area contributed by atoms with Crippen molar-refractivity contribution in [3.8, 4) is 5.75 Å². The van der Waals surface area contributed by atoms with Gasteiger partial charge in [-0.3, -0.25) is 14.9 Å². The van der Waals surface area contributed by atoms with Gasteiger partial charge in [-0.15, -0.1) is 0 Å². The molecule has 1 atom stereocenters. The third kappa shape index (κ3) is 4.94. The van der Waals surface area contributed by atoms with E-state index in [-0.39, 0.29) is 5.76 Å². The average molecular weight is 360 g/mol. The molecule has 136 valence electrons. The average Bonchev–Trinajstić information content (AvgIpc) is 3.09. The van der Waals surface area contributed by atoms with Crippen LogP contribution in [0.15, 0.2) is 46.9 Å². The zero-order valence-corrected chi connectivity index (χ0v) is 14.0. The summed E-state index contributed by atoms with van der Waals surface area (Å²) >= 11 is 0. The molecule has 26 heavy (non-hydrogen) atoms.